The number of aromatic hydroxyl groups is 1. The Hall–Kier alpha value is -3.08. The van der Waals surface area contributed by atoms with Gasteiger partial charge in [-0.25, -0.2) is 0 Å². The lowest BCUT2D eigenvalue weighted by Gasteiger charge is -2.18. The Labute approximate surface area is 153 Å². The molecule has 0 bridgehead atoms. The maximum Gasteiger partial charge on any atom is 0.248 e. The fourth-order valence-corrected chi connectivity index (χ4v) is 2.35. The molecule has 26 heavy (non-hydrogen) atoms. The van der Waals surface area contributed by atoms with Crippen molar-refractivity contribution in [1.82, 2.24) is 0 Å². The molecule has 3 N–H and O–H groups in total. The van der Waals surface area contributed by atoms with Crippen LogP contribution in [0.3, 0.4) is 0 Å². The molecule has 5 heteroatoms. The summed E-state index contributed by atoms with van der Waals surface area (Å²) in [6, 6.07) is 12.6. The third-order valence-corrected chi connectivity index (χ3v) is 3.78. The van der Waals surface area contributed by atoms with Gasteiger partial charge < -0.3 is 15.7 Å². The van der Waals surface area contributed by atoms with E-state index in [0.717, 1.165) is 5.56 Å². The number of carbonyl (C=O) groups is 2. The first-order valence-electron chi connectivity index (χ1n) is 8.35. The number of hydrogen-bond donors (Lipinski definition) is 3. The SMILES string of the molecule is CC(=O)Nc1ccc(NC(=O)/C=C/c2ccc(C(C)(C)C)cc2)cc1O. The van der Waals surface area contributed by atoms with Crippen LogP contribution in [-0.4, -0.2) is 16.9 Å². The second-order valence-corrected chi connectivity index (χ2v) is 7.11. The third-order valence-electron chi connectivity index (χ3n) is 3.78. The summed E-state index contributed by atoms with van der Waals surface area (Å²) in [7, 11) is 0. The molecule has 2 aromatic carbocycles. The molecule has 2 aromatic rings. The molecule has 0 saturated carbocycles. The molecular formula is C21H24N2O3. The summed E-state index contributed by atoms with van der Waals surface area (Å²) in [4.78, 5) is 23.1. The van der Waals surface area contributed by atoms with Gasteiger partial charge in [0, 0.05) is 24.8 Å². The van der Waals surface area contributed by atoms with Crippen LogP contribution >= 0.6 is 0 Å². The maximum absolute atomic E-state index is 12.0. The van der Waals surface area contributed by atoms with Gasteiger partial charge in [0.05, 0.1) is 5.69 Å². The zero-order valence-electron chi connectivity index (χ0n) is 15.5. The van der Waals surface area contributed by atoms with Crippen molar-refractivity contribution >= 4 is 29.3 Å². The Bertz CT molecular complexity index is 831. The number of rotatable bonds is 4. The molecule has 0 spiro atoms. The quantitative estimate of drug-likeness (QED) is 0.567. The molecule has 0 heterocycles. The van der Waals surface area contributed by atoms with Crippen molar-refractivity contribution in [3.63, 3.8) is 0 Å². The van der Waals surface area contributed by atoms with E-state index in [1.807, 2.05) is 12.1 Å². The highest BCUT2D eigenvalue weighted by molar-refractivity contribution is 6.02. The fraction of sp³-hybridized carbons (Fsp3) is 0.238. The topological polar surface area (TPSA) is 78.4 Å². The number of nitrogens with one attached hydrogen (secondary N) is 2. The van der Waals surface area contributed by atoms with E-state index in [0.29, 0.717) is 11.4 Å². The monoisotopic (exact) mass is 352 g/mol. The molecule has 0 saturated heterocycles. The smallest absolute Gasteiger partial charge is 0.248 e. The van der Waals surface area contributed by atoms with Crippen molar-refractivity contribution in [2.75, 3.05) is 10.6 Å². The first kappa shape index (κ1) is 19.2. The van der Waals surface area contributed by atoms with E-state index < -0.39 is 0 Å². The largest absolute Gasteiger partial charge is 0.506 e. The minimum atomic E-state index is -0.309. The van der Waals surface area contributed by atoms with Gasteiger partial charge in [0.1, 0.15) is 5.75 Å². The van der Waals surface area contributed by atoms with Crippen LogP contribution in [0.15, 0.2) is 48.5 Å². The standard InChI is InChI=1S/C21H24N2O3/c1-14(24)22-18-11-10-17(13-19(18)25)23-20(26)12-7-15-5-8-16(9-6-15)21(2,3)4/h5-13,25H,1-4H3,(H,22,24)(H,23,26)/b12-7+. The molecule has 0 fully saturated rings. The molecule has 0 aliphatic rings. The van der Waals surface area contributed by atoms with Crippen LogP contribution in [0.1, 0.15) is 38.8 Å². The second kappa shape index (κ2) is 7.87. The molecule has 5 nitrogen and oxygen atoms in total. The third kappa shape index (κ3) is 5.48. The van der Waals surface area contributed by atoms with Crippen molar-refractivity contribution in [2.45, 2.75) is 33.1 Å². The average Bonchev–Trinajstić information content (AvgIpc) is 2.55. The average molecular weight is 352 g/mol. The van der Waals surface area contributed by atoms with Crippen LogP contribution in [0.5, 0.6) is 5.75 Å². The van der Waals surface area contributed by atoms with Gasteiger partial charge in [0.25, 0.3) is 0 Å². The van der Waals surface area contributed by atoms with E-state index in [9.17, 15) is 14.7 Å². The maximum atomic E-state index is 12.0. The van der Waals surface area contributed by atoms with Crippen molar-refractivity contribution in [1.29, 1.82) is 0 Å². The summed E-state index contributed by atoms with van der Waals surface area (Å²) in [5.41, 5.74) is 2.98. The summed E-state index contributed by atoms with van der Waals surface area (Å²) in [6.07, 6.45) is 3.16. The molecule has 2 rings (SSSR count). The predicted molar refractivity (Wildman–Crippen MR) is 105 cm³/mol. The molecule has 0 aliphatic heterocycles. The van der Waals surface area contributed by atoms with Crippen LogP contribution in [-0.2, 0) is 15.0 Å². The lowest BCUT2D eigenvalue weighted by Crippen LogP contribution is -2.10. The number of benzene rings is 2. The molecule has 0 radical (unpaired) electrons. The normalized spacial score (nSPS) is 11.4. The van der Waals surface area contributed by atoms with Crippen LogP contribution < -0.4 is 10.6 Å². The van der Waals surface area contributed by atoms with E-state index in [1.54, 1.807) is 12.1 Å². The highest BCUT2D eigenvalue weighted by Gasteiger charge is 2.12. The Morgan fingerprint density at radius 2 is 1.65 bits per heavy atom. The van der Waals surface area contributed by atoms with Gasteiger partial charge >= 0.3 is 0 Å². The summed E-state index contributed by atoms with van der Waals surface area (Å²) < 4.78 is 0. The molecule has 0 atom stereocenters. The number of phenols is 1. The first-order chi connectivity index (χ1) is 12.1. The van der Waals surface area contributed by atoms with Crippen molar-refractivity contribution in [3.05, 3.63) is 59.7 Å². The predicted octanol–water partition coefficient (Wildman–Crippen LogP) is 4.30. The Morgan fingerprint density at radius 1 is 1.00 bits per heavy atom. The second-order valence-electron chi connectivity index (χ2n) is 7.11. The summed E-state index contributed by atoms with van der Waals surface area (Å²) in [5.74, 6) is -0.700. The van der Waals surface area contributed by atoms with Gasteiger partial charge in [0.15, 0.2) is 0 Å². The van der Waals surface area contributed by atoms with Gasteiger partial charge in [-0.15, -0.1) is 0 Å². The van der Waals surface area contributed by atoms with Crippen LogP contribution in [0, 0.1) is 0 Å². The van der Waals surface area contributed by atoms with Gasteiger partial charge in [0.2, 0.25) is 11.8 Å². The van der Waals surface area contributed by atoms with Gasteiger partial charge in [-0.05, 0) is 34.8 Å². The van der Waals surface area contributed by atoms with E-state index in [-0.39, 0.29) is 23.0 Å². The molecular weight excluding hydrogens is 328 g/mol. The van der Waals surface area contributed by atoms with E-state index in [2.05, 4.69) is 43.5 Å². The summed E-state index contributed by atoms with van der Waals surface area (Å²) in [5, 5.41) is 15.0. The van der Waals surface area contributed by atoms with E-state index in [4.69, 9.17) is 0 Å². The molecule has 2 amide bonds. The Morgan fingerprint density at radius 3 is 2.19 bits per heavy atom. The minimum absolute atomic E-state index is 0.0883. The minimum Gasteiger partial charge on any atom is -0.506 e. The molecule has 0 aliphatic carbocycles. The molecule has 136 valence electrons. The summed E-state index contributed by atoms with van der Waals surface area (Å²) >= 11 is 0. The highest BCUT2D eigenvalue weighted by Crippen LogP contribution is 2.27. The number of carbonyl (C=O) groups excluding carboxylic acids is 2. The van der Waals surface area contributed by atoms with Crippen molar-refractivity contribution in [3.8, 4) is 5.75 Å². The zero-order valence-corrected chi connectivity index (χ0v) is 15.5. The Balaban J connectivity index is 2.01. The van der Waals surface area contributed by atoms with Crippen LogP contribution in [0.2, 0.25) is 0 Å². The van der Waals surface area contributed by atoms with Gasteiger partial charge in [-0.3, -0.25) is 9.59 Å². The molecule has 0 unspecified atom stereocenters. The first-order valence-corrected chi connectivity index (χ1v) is 8.35. The Kier molecular flexibility index (Phi) is 5.82. The number of anilines is 2. The van der Waals surface area contributed by atoms with E-state index in [1.165, 1.54) is 30.7 Å². The summed E-state index contributed by atoms with van der Waals surface area (Å²) in [6.45, 7) is 7.81. The fourth-order valence-electron chi connectivity index (χ4n) is 2.35. The number of hydrogen-bond acceptors (Lipinski definition) is 3. The highest BCUT2D eigenvalue weighted by atomic mass is 16.3. The van der Waals surface area contributed by atoms with E-state index >= 15 is 0 Å². The lowest BCUT2D eigenvalue weighted by molar-refractivity contribution is -0.114. The number of amides is 2. The van der Waals surface area contributed by atoms with Crippen molar-refractivity contribution < 1.29 is 14.7 Å². The van der Waals surface area contributed by atoms with Crippen LogP contribution in [0.4, 0.5) is 11.4 Å². The van der Waals surface area contributed by atoms with Crippen LogP contribution in [0.25, 0.3) is 6.08 Å². The van der Waals surface area contributed by atoms with Gasteiger partial charge in [-0.2, -0.15) is 0 Å². The lowest BCUT2D eigenvalue weighted by atomic mass is 9.87. The van der Waals surface area contributed by atoms with Crippen molar-refractivity contribution in [2.24, 2.45) is 0 Å². The zero-order chi connectivity index (χ0) is 19.3. The number of phenolic OH excluding ortho intramolecular Hbond substituents is 1. The van der Waals surface area contributed by atoms with Gasteiger partial charge in [-0.1, -0.05) is 45.0 Å². The molecule has 0 aromatic heterocycles.